The van der Waals surface area contributed by atoms with Crippen LogP contribution in [0.4, 0.5) is 5.69 Å². The highest BCUT2D eigenvalue weighted by molar-refractivity contribution is 6.30. The molecule has 3 aromatic rings. The van der Waals surface area contributed by atoms with Crippen molar-refractivity contribution in [2.45, 2.75) is 26.0 Å². The van der Waals surface area contributed by atoms with E-state index in [9.17, 15) is 4.79 Å². The number of aromatic nitrogens is 2. The Morgan fingerprint density at radius 2 is 2.13 bits per heavy atom. The number of rotatable bonds is 4. The van der Waals surface area contributed by atoms with Gasteiger partial charge >= 0.3 is 0 Å². The van der Waals surface area contributed by atoms with Crippen molar-refractivity contribution in [2.75, 3.05) is 24.6 Å². The van der Waals surface area contributed by atoms with E-state index in [-0.39, 0.29) is 11.7 Å². The first-order valence-electron chi connectivity index (χ1n) is 10.6. The van der Waals surface area contributed by atoms with Crippen molar-refractivity contribution in [3.05, 3.63) is 98.7 Å². The summed E-state index contributed by atoms with van der Waals surface area (Å²) in [6.07, 6.45) is 6.98. The Labute approximate surface area is 186 Å². The quantitative estimate of drug-likeness (QED) is 0.620. The van der Waals surface area contributed by atoms with Gasteiger partial charge in [-0.25, -0.2) is 0 Å². The van der Waals surface area contributed by atoms with Gasteiger partial charge in [0.25, 0.3) is 5.56 Å². The number of pyridine rings is 2. The number of morpholine rings is 1. The lowest BCUT2D eigenvalue weighted by Gasteiger charge is -2.33. The SMILES string of the molecule is CC1CN(c2cnc3c(c2)C(c2ccn(Cc4cccc(Cl)c4)c(=O)c2)=CC3)CCO1. The number of anilines is 1. The van der Waals surface area contributed by atoms with E-state index in [2.05, 4.69) is 24.0 Å². The van der Waals surface area contributed by atoms with E-state index in [4.69, 9.17) is 21.3 Å². The largest absolute Gasteiger partial charge is 0.375 e. The van der Waals surface area contributed by atoms with Gasteiger partial charge in [0, 0.05) is 42.4 Å². The van der Waals surface area contributed by atoms with Gasteiger partial charge in [-0.3, -0.25) is 9.78 Å². The monoisotopic (exact) mass is 433 g/mol. The maximum absolute atomic E-state index is 12.8. The van der Waals surface area contributed by atoms with Crippen LogP contribution in [-0.4, -0.2) is 35.4 Å². The molecule has 1 atom stereocenters. The number of ether oxygens (including phenoxy) is 1. The highest BCUT2D eigenvalue weighted by Gasteiger charge is 2.22. The lowest BCUT2D eigenvalue weighted by molar-refractivity contribution is 0.0532. The predicted octanol–water partition coefficient (Wildman–Crippen LogP) is 4.16. The Morgan fingerprint density at radius 1 is 1.23 bits per heavy atom. The maximum atomic E-state index is 12.8. The minimum Gasteiger partial charge on any atom is -0.375 e. The van der Waals surface area contributed by atoms with Gasteiger partial charge in [-0.05, 0) is 47.9 Å². The average Bonchev–Trinajstić information content (AvgIpc) is 3.18. The van der Waals surface area contributed by atoms with Gasteiger partial charge in [-0.1, -0.05) is 29.8 Å². The highest BCUT2D eigenvalue weighted by Crippen LogP contribution is 2.34. The third-order valence-electron chi connectivity index (χ3n) is 5.90. The number of allylic oxidation sites excluding steroid dienone is 1. The predicted molar refractivity (Wildman–Crippen MR) is 124 cm³/mol. The molecule has 0 radical (unpaired) electrons. The molecule has 1 unspecified atom stereocenters. The molecule has 0 saturated carbocycles. The standard InChI is InChI=1S/C25H24ClN3O2/c1-17-15-28(9-10-31-17)21-13-23-22(5-6-24(23)27-14-21)19-7-8-29(25(30)12-19)16-18-3-2-4-20(26)11-18/h2-5,7-8,11-14,17H,6,9-10,15-16H2,1H3. The van der Waals surface area contributed by atoms with Crippen LogP contribution in [0.5, 0.6) is 0 Å². The Kier molecular flexibility index (Phi) is 5.38. The third-order valence-corrected chi connectivity index (χ3v) is 6.14. The zero-order valence-electron chi connectivity index (χ0n) is 17.4. The third kappa shape index (κ3) is 4.16. The number of benzene rings is 1. The van der Waals surface area contributed by atoms with Crippen LogP contribution >= 0.6 is 11.6 Å². The fourth-order valence-corrected chi connectivity index (χ4v) is 4.54. The first-order valence-corrected chi connectivity index (χ1v) is 11.0. The molecule has 3 heterocycles. The molecule has 1 aliphatic carbocycles. The minimum atomic E-state index is -0.0297. The minimum absolute atomic E-state index is 0.0297. The van der Waals surface area contributed by atoms with Gasteiger partial charge in [0.1, 0.15) is 0 Å². The normalized spacial score (nSPS) is 18.1. The summed E-state index contributed by atoms with van der Waals surface area (Å²) in [7, 11) is 0. The second-order valence-corrected chi connectivity index (χ2v) is 8.59. The zero-order chi connectivity index (χ0) is 21.4. The van der Waals surface area contributed by atoms with Gasteiger partial charge in [0.15, 0.2) is 0 Å². The summed E-state index contributed by atoms with van der Waals surface area (Å²) in [6, 6.07) is 13.5. The molecule has 0 N–H and O–H groups in total. The molecule has 5 rings (SSSR count). The van der Waals surface area contributed by atoms with Crippen LogP contribution in [0.15, 0.2) is 65.7 Å². The molecule has 5 nitrogen and oxygen atoms in total. The number of nitrogens with zero attached hydrogens (tertiary/aromatic N) is 3. The molecule has 31 heavy (non-hydrogen) atoms. The molecule has 1 saturated heterocycles. The molecular weight excluding hydrogens is 410 g/mol. The fourth-order valence-electron chi connectivity index (χ4n) is 4.32. The Hall–Kier alpha value is -2.89. The van der Waals surface area contributed by atoms with Crippen molar-refractivity contribution in [3.63, 3.8) is 0 Å². The number of hydrogen-bond donors (Lipinski definition) is 0. The van der Waals surface area contributed by atoms with E-state index < -0.39 is 0 Å². The lowest BCUT2D eigenvalue weighted by atomic mass is 10.0. The summed E-state index contributed by atoms with van der Waals surface area (Å²) >= 11 is 6.08. The van der Waals surface area contributed by atoms with E-state index in [0.29, 0.717) is 11.6 Å². The van der Waals surface area contributed by atoms with Crippen LogP contribution in [0.2, 0.25) is 5.02 Å². The average molecular weight is 434 g/mol. The van der Waals surface area contributed by atoms with Crippen molar-refractivity contribution in [2.24, 2.45) is 0 Å². The lowest BCUT2D eigenvalue weighted by Crippen LogP contribution is -2.41. The molecule has 1 aromatic carbocycles. The summed E-state index contributed by atoms with van der Waals surface area (Å²) in [6.45, 7) is 5.04. The smallest absolute Gasteiger partial charge is 0.251 e. The van der Waals surface area contributed by atoms with E-state index in [1.54, 1.807) is 10.6 Å². The molecule has 6 heteroatoms. The zero-order valence-corrected chi connectivity index (χ0v) is 18.2. The summed E-state index contributed by atoms with van der Waals surface area (Å²) in [5, 5.41) is 0.674. The molecule has 0 amide bonds. The molecule has 2 aromatic heterocycles. The van der Waals surface area contributed by atoms with E-state index >= 15 is 0 Å². The molecule has 1 aliphatic heterocycles. The number of hydrogen-bond acceptors (Lipinski definition) is 4. The van der Waals surface area contributed by atoms with Gasteiger partial charge in [0.05, 0.1) is 36.8 Å². The van der Waals surface area contributed by atoms with Crippen LogP contribution < -0.4 is 10.5 Å². The van der Waals surface area contributed by atoms with Gasteiger partial charge in [-0.15, -0.1) is 0 Å². The maximum Gasteiger partial charge on any atom is 0.251 e. The van der Waals surface area contributed by atoms with Crippen molar-refractivity contribution >= 4 is 22.9 Å². The first-order chi connectivity index (χ1) is 15.1. The van der Waals surface area contributed by atoms with Crippen molar-refractivity contribution in [3.8, 4) is 0 Å². The summed E-state index contributed by atoms with van der Waals surface area (Å²) in [4.78, 5) is 19.8. The summed E-state index contributed by atoms with van der Waals surface area (Å²) in [5.74, 6) is 0. The second-order valence-electron chi connectivity index (χ2n) is 8.15. The topological polar surface area (TPSA) is 47.4 Å². The van der Waals surface area contributed by atoms with Crippen molar-refractivity contribution in [1.29, 1.82) is 0 Å². The van der Waals surface area contributed by atoms with Gasteiger partial charge in [0.2, 0.25) is 0 Å². The Morgan fingerprint density at radius 3 is 2.94 bits per heavy atom. The van der Waals surface area contributed by atoms with E-state index in [1.165, 1.54) is 0 Å². The molecule has 1 fully saturated rings. The van der Waals surface area contributed by atoms with Crippen LogP contribution in [-0.2, 0) is 17.7 Å². The molecular formula is C25H24ClN3O2. The summed E-state index contributed by atoms with van der Waals surface area (Å²) in [5.41, 5.74) is 6.26. The highest BCUT2D eigenvalue weighted by atomic mass is 35.5. The van der Waals surface area contributed by atoms with Crippen LogP contribution in [0.3, 0.4) is 0 Å². The molecule has 2 aliphatic rings. The molecule has 158 valence electrons. The Bertz CT molecular complexity index is 1220. The van der Waals surface area contributed by atoms with Crippen molar-refractivity contribution < 1.29 is 4.74 Å². The molecule has 0 bridgehead atoms. The first kappa shape index (κ1) is 20.0. The van der Waals surface area contributed by atoms with Gasteiger partial charge in [-0.2, -0.15) is 0 Å². The molecule has 0 spiro atoms. The Balaban J connectivity index is 1.41. The second kappa shape index (κ2) is 8.33. The fraction of sp³-hybridized carbons (Fsp3) is 0.280. The van der Waals surface area contributed by atoms with Crippen LogP contribution in [0, 0.1) is 0 Å². The summed E-state index contributed by atoms with van der Waals surface area (Å²) < 4.78 is 7.37. The van der Waals surface area contributed by atoms with Crippen LogP contribution in [0.25, 0.3) is 5.57 Å². The number of halogens is 1. The van der Waals surface area contributed by atoms with E-state index in [0.717, 1.165) is 59.8 Å². The van der Waals surface area contributed by atoms with E-state index in [1.807, 2.05) is 42.7 Å². The number of fused-ring (bicyclic) bond motifs is 1. The van der Waals surface area contributed by atoms with Crippen molar-refractivity contribution in [1.82, 2.24) is 9.55 Å². The van der Waals surface area contributed by atoms with Gasteiger partial charge < -0.3 is 14.2 Å². The van der Waals surface area contributed by atoms with Crippen LogP contribution in [0.1, 0.15) is 29.3 Å².